The van der Waals surface area contributed by atoms with Gasteiger partial charge in [-0.1, -0.05) is 44.2 Å². The summed E-state index contributed by atoms with van der Waals surface area (Å²) in [6.07, 6.45) is 1.10. The topological polar surface area (TPSA) is 53.0 Å². The average molecular weight is 259 g/mol. The van der Waals surface area contributed by atoms with Gasteiger partial charge in [0, 0.05) is 12.6 Å². The maximum absolute atomic E-state index is 9.45. The van der Waals surface area contributed by atoms with Crippen molar-refractivity contribution in [3.05, 3.63) is 35.9 Å². The first kappa shape index (κ1) is 15.7. The molecule has 1 rings (SSSR count). The highest BCUT2D eigenvalue weighted by Crippen LogP contribution is 2.20. The molecule has 3 nitrogen and oxygen atoms in total. The molecule has 0 aliphatic heterocycles. The molecule has 2 unspecified atom stereocenters. The molecule has 104 valence electrons. The standard InChI is InChI=1S/C16H25N3/c1-13(2)10-14(3)19(4)12-16(18,11-17)15-8-6-5-7-9-15/h5-9,13-14H,10,12,18H2,1-4H3. The maximum Gasteiger partial charge on any atom is 0.142 e. The van der Waals surface area contributed by atoms with Crippen molar-refractivity contribution in [2.75, 3.05) is 13.6 Å². The lowest BCUT2D eigenvalue weighted by Crippen LogP contribution is -2.48. The fourth-order valence-corrected chi connectivity index (χ4v) is 2.34. The highest BCUT2D eigenvalue weighted by Gasteiger charge is 2.30. The zero-order valence-corrected chi connectivity index (χ0v) is 12.4. The number of benzene rings is 1. The molecular weight excluding hydrogens is 234 g/mol. The van der Waals surface area contributed by atoms with Gasteiger partial charge in [-0.3, -0.25) is 0 Å². The number of hydrogen-bond donors (Lipinski definition) is 1. The molecule has 0 aliphatic rings. The first-order valence-electron chi connectivity index (χ1n) is 6.85. The molecule has 0 aromatic heterocycles. The molecule has 3 heteroatoms. The zero-order chi connectivity index (χ0) is 14.5. The van der Waals surface area contributed by atoms with E-state index in [9.17, 15) is 5.26 Å². The van der Waals surface area contributed by atoms with E-state index >= 15 is 0 Å². The fourth-order valence-electron chi connectivity index (χ4n) is 2.34. The van der Waals surface area contributed by atoms with E-state index in [0.717, 1.165) is 12.0 Å². The second-order valence-corrected chi connectivity index (χ2v) is 5.84. The van der Waals surface area contributed by atoms with Crippen LogP contribution in [0.2, 0.25) is 0 Å². The smallest absolute Gasteiger partial charge is 0.142 e. The third-order valence-electron chi connectivity index (χ3n) is 3.55. The summed E-state index contributed by atoms with van der Waals surface area (Å²) in [6, 6.07) is 12.3. The summed E-state index contributed by atoms with van der Waals surface area (Å²) in [7, 11) is 2.04. The molecule has 0 heterocycles. The molecule has 0 radical (unpaired) electrons. The van der Waals surface area contributed by atoms with Gasteiger partial charge in [-0.25, -0.2) is 0 Å². The van der Waals surface area contributed by atoms with Crippen LogP contribution in [0.25, 0.3) is 0 Å². The molecule has 0 amide bonds. The van der Waals surface area contributed by atoms with Crippen molar-refractivity contribution in [1.29, 1.82) is 5.26 Å². The van der Waals surface area contributed by atoms with Gasteiger partial charge in [-0.05, 0) is 31.9 Å². The normalized spacial score (nSPS) is 16.1. The van der Waals surface area contributed by atoms with Crippen molar-refractivity contribution in [1.82, 2.24) is 4.90 Å². The number of nitrogens with zero attached hydrogens (tertiary/aromatic N) is 2. The van der Waals surface area contributed by atoms with Crippen molar-refractivity contribution in [2.45, 2.75) is 38.8 Å². The average Bonchev–Trinajstić information content (AvgIpc) is 2.38. The lowest BCUT2D eigenvalue weighted by molar-refractivity contribution is 0.198. The molecule has 0 saturated heterocycles. The lowest BCUT2D eigenvalue weighted by atomic mass is 9.91. The van der Waals surface area contributed by atoms with Crippen LogP contribution in [0.1, 0.15) is 32.8 Å². The molecule has 2 atom stereocenters. The minimum atomic E-state index is -0.943. The summed E-state index contributed by atoms with van der Waals surface area (Å²) in [5, 5.41) is 9.45. The van der Waals surface area contributed by atoms with Crippen molar-refractivity contribution in [2.24, 2.45) is 11.7 Å². The van der Waals surface area contributed by atoms with Gasteiger partial charge in [0.25, 0.3) is 0 Å². The SMILES string of the molecule is CC(C)CC(C)N(C)CC(N)(C#N)c1ccccc1. The number of hydrogen-bond acceptors (Lipinski definition) is 3. The van der Waals surface area contributed by atoms with Crippen molar-refractivity contribution in [3.63, 3.8) is 0 Å². The van der Waals surface area contributed by atoms with Gasteiger partial charge in [0.2, 0.25) is 0 Å². The summed E-state index contributed by atoms with van der Waals surface area (Å²) in [5.41, 5.74) is 6.22. The molecule has 0 saturated carbocycles. The van der Waals surface area contributed by atoms with E-state index in [1.165, 1.54) is 0 Å². The highest BCUT2D eigenvalue weighted by molar-refractivity contribution is 5.31. The Bertz CT molecular complexity index is 421. The Hall–Kier alpha value is -1.37. The number of nitrogens with two attached hydrogens (primary N) is 1. The lowest BCUT2D eigenvalue weighted by Gasteiger charge is -2.32. The Morgan fingerprint density at radius 3 is 2.32 bits per heavy atom. The number of rotatable bonds is 6. The van der Waals surface area contributed by atoms with Gasteiger partial charge in [0.1, 0.15) is 5.54 Å². The second kappa shape index (κ2) is 6.70. The van der Waals surface area contributed by atoms with Crippen LogP contribution in [0.3, 0.4) is 0 Å². The van der Waals surface area contributed by atoms with Crippen LogP contribution >= 0.6 is 0 Å². The fraction of sp³-hybridized carbons (Fsp3) is 0.562. The number of nitriles is 1. The van der Waals surface area contributed by atoms with E-state index in [2.05, 4.69) is 31.7 Å². The third-order valence-corrected chi connectivity index (χ3v) is 3.55. The van der Waals surface area contributed by atoms with Crippen LogP contribution in [0, 0.1) is 17.2 Å². The van der Waals surface area contributed by atoms with E-state index in [0.29, 0.717) is 18.5 Å². The minimum Gasteiger partial charge on any atom is -0.309 e. The first-order chi connectivity index (χ1) is 8.89. The van der Waals surface area contributed by atoms with Crippen molar-refractivity contribution < 1.29 is 0 Å². The molecule has 0 bridgehead atoms. The largest absolute Gasteiger partial charge is 0.309 e. The molecular formula is C16H25N3. The van der Waals surface area contributed by atoms with Crippen LogP contribution in [0.4, 0.5) is 0 Å². The highest BCUT2D eigenvalue weighted by atomic mass is 15.1. The van der Waals surface area contributed by atoms with E-state index < -0.39 is 5.54 Å². The first-order valence-corrected chi connectivity index (χ1v) is 6.85. The van der Waals surface area contributed by atoms with Gasteiger partial charge in [-0.2, -0.15) is 5.26 Å². The third kappa shape index (κ3) is 4.34. The Balaban J connectivity index is 2.80. The van der Waals surface area contributed by atoms with Crippen LogP contribution in [0.15, 0.2) is 30.3 Å². The van der Waals surface area contributed by atoms with Crippen LogP contribution in [-0.2, 0) is 5.54 Å². The minimum absolute atomic E-state index is 0.417. The van der Waals surface area contributed by atoms with Gasteiger partial charge in [0.15, 0.2) is 0 Å². The molecule has 19 heavy (non-hydrogen) atoms. The maximum atomic E-state index is 9.45. The van der Waals surface area contributed by atoms with Crippen molar-refractivity contribution in [3.8, 4) is 6.07 Å². The van der Waals surface area contributed by atoms with Gasteiger partial charge >= 0.3 is 0 Å². The van der Waals surface area contributed by atoms with Gasteiger partial charge in [0.05, 0.1) is 6.07 Å². The molecule has 2 N–H and O–H groups in total. The van der Waals surface area contributed by atoms with Gasteiger partial charge < -0.3 is 10.6 Å². The summed E-state index contributed by atoms with van der Waals surface area (Å²) in [4.78, 5) is 2.18. The Morgan fingerprint density at radius 2 is 1.84 bits per heavy atom. The van der Waals surface area contributed by atoms with Crippen LogP contribution in [-0.4, -0.2) is 24.5 Å². The van der Waals surface area contributed by atoms with Gasteiger partial charge in [-0.15, -0.1) is 0 Å². The van der Waals surface area contributed by atoms with Crippen LogP contribution in [0.5, 0.6) is 0 Å². The van der Waals surface area contributed by atoms with E-state index in [4.69, 9.17) is 5.73 Å². The summed E-state index contributed by atoms with van der Waals surface area (Å²) < 4.78 is 0. The summed E-state index contributed by atoms with van der Waals surface area (Å²) in [5.74, 6) is 0.642. The van der Waals surface area contributed by atoms with Crippen molar-refractivity contribution >= 4 is 0 Å². The van der Waals surface area contributed by atoms with E-state index in [1.54, 1.807) is 0 Å². The molecule has 0 fully saturated rings. The van der Waals surface area contributed by atoms with Crippen LogP contribution < -0.4 is 5.73 Å². The molecule has 1 aromatic carbocycles. The predicted molar refractivity (Wildman–Crippen MR) is 79.5 cm³/mol. The predicted octanol–water partition coefficient (Wildman–Crippen LogP) is 2.73. The Kier molecular flexibility index (Phi) is 5.53. The Labute approximate surface area is 117 Å². The van der Waals surface area contributed by atoms with E-state index in [1.807, 2.05) is 37.4 Å². The number of likely N-dealkylation sites (N-methyl/N-ethyl adjacent to an activating group) is 1. The van der Waals surface area contributed by atoms with E-state index in [-0.39, 0.29) is 0 Å². The summed E-state index contributed by atoms with van der Waals surface area (Å²) >= 11 is 0. The molecule has 0 aliphatic carbocycles. The quantitative estimate of drug-likeness (QED) is 0.854. The molecule has 0 spiro atoms. The second-order valence-electron chi connectivity index (χ2n) is 5.84. The zero-order valence-electron chi connectivity index (χ0n) is 12.4. The Morgan fingerprint density at radius 1 is 1.26 bits per heavy atom. The monoisotopic (exact) mass is 259 g/mol. The summed E-state index contributed by atoms with van der Waals surface area (Å²) in [6.45, 7) is 7.15. The molecule has 1 aromatic rings.